The molecule has 1 aromatic carbocycles. The molecule has 0 aliphatic heterocycles. The Hall–Kier alpha value is -1.88. The lowest BCUT2D eigenvalue weighted by atomic mass is 10.1. The van der Waals surface area contributed by atoms with E-state index >= 15 is 0 Å². The zero-order chi connectivity index (χ0) is 21.2. The molecule has 0 saturated heterocycles. The van der Waals surface area contributed by atoms with Gasteiger partial charge in [-0.05, 0) is 18.6 Å². The Morgan fingerprint density at radius 2 is 1.52 bits per heavy atom. The molecule has 0 unspecified atom stereocenters. The molecule has 1 rings (SSSR count). The third-order valence-electron chi connectivity index (χ3n) is 5.14. The van der Waals surface area contributed by atoms with Gasteiger partial charge in [0, 0.05) is 18.3 Å². The number of aliphatic hydroxyl groups is 1. The van der Waals surface area contributed by atoms with Crippen LogP contribution in [-0.2, 0) is 4.79 Å². The van der Waals surface area contributed by atoms with E-state index < -0.39 is 6.04 Å². The van der Waals surface area contributed by atoms with Crippen molar-refractivity contribution in [3.05, 3.63) is 29.8 Å². The molecule has 1 amide bonds. The molecule has 5 heteroatoms. The fourth-order valence-electron chi connectivity index (χ4n) is 3.26. The fraction of sp³-hybridized carbons (Fsp3) is 0.667. The van der Waals surface area contributed by atoms with Crippen molar-refractivity contribution in [1.29, 1.82) is 0 Å². The van der Waals surface area contributed by atoms with Crippen LogP contribution in [0.1, 0.15) is 89.5 Å². The summed E-state index contributed by atoms with van der Waals surface area (Å²) in [4.78, 5) is 16.2. The lowest BCUT2D eigenvalue weighted by Crippen LogP contribution is -2.36. The van der Waals surface area contributed by atoms with Gasteiger partial charge in [-0.25, -0.2) is 0 Å². The van der Waals surface area contributed by atoms with Crippen LogP contribution >= 0.6 is 0 Å². The van der Waals surface area contributed by atoms with Crippen molar-refractivity contribution in [2.75, 3.05) is 13.2 Å². The summed E-state index contributed by atoms with van der Waals surface area (Å²) in [6, 6.07) is 5.92. The van der Waals surface area contributed by atoms with Gasteiger partial charge in [0.15, 0.2) is 6.04 Å². The van der Waals surface area contributed by atoms with Crippen LogP contribution in [0.3, 0.4) is 0 Å². The van der Waals surface area contributed by atoms with Crippen LogP contribution in [0.15, 0.2) is 29.3 Å². The third-order valence-corrected chi connectivity index (χ3v) is 5.14. The summed E-state index contributed by atoms with van der Waals surface area (Å²) in [5.41, 5.74) is 0.528. The molecule has 0 radical (unpaired) electrons. The van der Waals surface area contributed by atoms with Crippen molar-refractivity contribution in [3.8, 4) is 5.75 Å². The number of amides is 1. The maximum atomic E-state index is 12.1. The van der Waals surface area contributed by atoms with Gasteiger partial charge in [0.25, 0.3) is 0 Å². The van der Waals surface area contributed by atoms with E-state index in [1.165, 1.54) is 70.4 Å². The number of unbranched alkanes of at least 4 members (excludes halogenated alkanes) is 11. The smallest absolute Gasteiger partial charge is 0.247 e. The number of carbonyl (C=O) groups excluding carboxylic acids is 1. The summed E-state index contributed by atoms with van der Waals surface area (Å²) >= 11 is 0. The summed E-state index contributed by atoms with van der Waals surface area (Å²) in [6.45, 7) is 2.51. The van der Waals surface area contributed by atoms with Gasteiger partial charge in [0.2, 0.25) is 5.91 Å². The number of rotatable bonds is 17. The van der Waals surface area contributed by atoms with Crippen LogP contribution in [0.25, 0.3) is 0 Å². The second kappa shape index (κ2) is 17.0. The van der Waals surface area contributed by atoms with Crippen molar-refractivity contribution in [2.24, 2.45) is 4.99 Å². The van der Waals surface area contributed by atoms with E-state index in [0.29, 0.717) is 12.1 Å². The second-order valence-corrected chi connectivity index (χ2v) is 7.72. The predicted molar refractivity (Wildman–Crippen MR) is 121 cm³/mol. The lowest BCUT2D eigenvalue weighted by molar-refractivity contribution is -0.123. The highest BCUT2D eigenvalue weighted by molar-refractivity contribution is 5.88. The van der Waals surface area contributed by atoms with Gasteiger partial charge in [0.05, 0.1) is 6.61 Å². The number of hydrogen-bond acceptors (Lipinski definition) is 4. The zero-order valence-electron chi connectivity index (χ0n) is 18.1. The molecule has 5 nitrogen and oxygen atoms in total. The molecule has 0 aliphatic rings. The SMILES string of the molecule is CCCCCCCCCCCCCCNC(=O)[C@H](CO)N=Cc1ccccc1O. The van der Waals surface area contributed by atoms with Crippen molar-refractivity contribution in [2.45, 2.75) is 90.0 Å². The van der Waals surface area contributed by atoms with Gasteiger partial charge in [-0.15, -0.1) is 0 Å². The molecule has 1 atom stereocenters. The van der Waals surface area contributed by atoms with Crippen LogP contribution in [-0.4, -0.2) is 41.5 Å². The Kier molecular flexibility index (Phi) is 14.8. The highest BCUT2D eigenvalue weighted by Crippen LogP contribution is 2.13. The minimum absolute atomic E-state index is 0.102. The number of hydrogen-bond donors (Lipinski definition) is 3. The lowest BCUT2D eigenvalue weighted by Gasteiger charge is -2.10. The van der Waals surface area contributed by atoms with Gasteiger partial charge < -0.3 is 15.5 Å². The first-order chi connectivity index (χ1) is 14.2. The van der Waals surface area contributed by atoms with Gasteiger partial charge in [-0.2, -0.15) is 0 Å². The van der Waals surface area contributed by atoms with Gasteiger partial charge in [-0.3, -0.25) is 9.79 Å². The van der Waals surface area contributed by atoms with E-state index in [4.69, 9.17) is 0 Å². The topological polar surface area (TPSA) is 81.9 Å². The summed E-state index contributed by atoms with van der Waals surface area (Å²) in [5.74, 6) is -0.174. The normalized spacial score (nSPS) is 12.3. The van der Waals surface area contributed by atoms with Crippen molar-refractivity contribution >= 4 is 12.1 Å². The highest BCUT2D eigenvalue weighted by atomic mass is 16.3. The number of nitrogens with one attached hydrogen (secondary N) is 1. The summed E-state index contributed by atoms with van der Waals surface area (Å²) < 4.78 is 0. The van der Waals surface area contributed by atoms with E-state index in [1.54, 1.807) is 24.3 Å². The number of para-hydroxylation sites is 1. The average molecular weight is 405 g/mol. The van der Waals surface area contributed by atoms with E-state index in [2.05, 4.69) is 17.2 Å². The fourth-order valence-corrected chi connectivity index (χ4v) is 3.26. The first kappa shape index (κ1) is 25.2. The largest absolute Gasteiger partial charge is 0.507 e. The molecule has 164 valence electrons. The number of aliphatic imine (C=N–C) groups is 1. The zero-order valence-corrected chi connectivity index (χ0v) is 18.1. The van der Waals surface area contributed by atoms with Gasteiger partial charge in [-0.1, -0.05) is 89.7 Å². The maximum Gasteiger partial charge on any atom is 0.247 e. The molecule has 0 heterocycles. The Balaban J connectivity index is 2.05. The molecule has 0 fully saturated rings. The number of nitrogens with zero attached hydrogens (tertiary/aromatic N) is 1. The first-order valence-electron chi connectivity index (χ1n) is 11.4. The number of benzene rings is 1. The third kappa shape index (κ3) is 12.3. The Labute approximate surface area is 176 Å². The van der Waals surface area contributed by atoms with Crippen LogP contribution < -0.4 is 5.32 Å². The Morgan fingerprint density at radius 3 is 2.07 bits per heavy atom. The van der Waals surface area contributed by atoms with Crippen LogP contribution in [0, 0.1) is 0 Å². The number of phenolic OH excluding ortho intramolecular Hbond substituents is 1. The molecule has 0 saturated carbocycles. The quantitative estimate of drug-likeness (QED) is 0.253. The number of aromatic hydroxyl groups is 1. The summed E-state index contributed by atoms with van der Waals surface area (Å²) in [6.07, 6.45) is 16.8. The Morgan fingerprint density at radius 1 is 0.966 bits per heavy atom. The van der Waals surface area contributed by atoms with Crippen LogP contribution in [0.4, 0.5) is 0 Å². The number of phenols is 1. The minimum Gasteiger partial charge on any atom is -0.507 e. The first-order valence-corrected chi connectivity index (χ1v) is 11.4. The average Bonchev–Trinajstić information content (AvgIpc) is 2.73. The van der Waals surface area contributed by atoms with Crippen molar-refractivity contribution in [3.63, 3.8) is 0 Å². The van der Waals surface area contributed by atoms with Crippen LogP contribution in [0.5, 0.6) is 5.75 Å². The molecular weight excluding hydrogens is 364 g/mol. The van der Waals surface area contributed by atoms with E-state index in [-0.39, 0.29) is 18.3 Å². The van der Waals surface area contributed by atoms with Crippen molar-refractivity contribution < 1.29 is 15.0 Å². The molecule has 0 spiro atoms. The summed E-state index contributed by atoms with van der Waals surface area (Å²) in [5, 5.41) is 22.0. The predicted octanol–water partition coefficient (Wildman–Crippen LogP) is 4.99. The molecule has 0 aliphatic carbocycles. The molecular formula is C24H40N2O3. The van der Waals surface area contributed by atoms with Gasteiger partial charge in [0.1, 0.15) is 5.75 Å². The van der Waals surface area contributed by atoms with E-state index in [9.17, 15) is 15.0 Å². The molecule has 1 aromatic rings. The molecule has 0 bridgehead atoms. The van der Waals surface area contributed by atoms with Crippen molar-refractivity contribution in [1.82, 2.24) is 5.32 Å². The standard InChI is InChI=1S/C24H40N2O3/c1-2-3-4-5-6-7-8-9-10-11-12-15-18-25-24(29)22(20-27)26-19-21-16-13-14-17-23(21)28/h13-14,16-17,19,22,27-28H,2-12,15,18,20H2,1H3,(H,25,29)/t22-/m0/s1. The number of carbonyl (C=O) groups is 1. The van der Waals surface area contributed by atoms with Gasteiger partial charge >= 0.3 is 0 Å². The highest BCUT2D eigenvalue weighted by Gasteiger charge is 2.14. The van der Waals surface area contributed by atoms with E-state index in [1.807, 2.05) is 0 Å². The number of aliphatic hydroxyl groups excluding tert-OH is 1. The molecule has 0 aromatic heterocycles. The molecule has 29 heavy (non-hydrogen) atoms. The minimum atomic E-state index is -0.841. The summed E-state index contributed by atoms with van der Waals surface area (Å²) in [7, 11) is 0. The van der Waals surface area contributed by atoms with E-state index in [0.717, 1.165) is 12.8 Å². The maximum absolute atomic E-state index is 12.1. The van der Waals surface area contributed by atoms with Crippen LogP contribution in [0.2, 0.25) is 0 Å². The molecule has 3 N–H and O–H groups in total. The monoisotopic (exact) mass is 404 g/mol. The second-order valence-electron chi connectivity index (χ2n) is 7.72. The Bertz CT molecular complexity index is 575.